The molecule has 0 aliphatic rings. The van der Waals surface area contributed by atoms with E-state index in [2.05, 4.69) is 0 Å². The number of hydrogen-bond donors (Lipinski definition) is 1. The van der Waals surface area contributed by atoms with Crippen LogP contribution in [0.2, 0.25) is 0 Å². The van der Waals surface area contributed by atoms with E-state index in [1.54, 1.807) is 6.92 Å². The highest BCUT2D eigenvalue weighted by Crippen LogP contribution is 2.21. The van der Waals surface area contributed by atoms with Crippen molar-refractivity contribution in [1.29, 1.82) is 0 Å². The predicted octanol–water partition coefficient (Wildman–Crippen LogP) is 1.77. The van der Waals surface area contributed by atoms with Crippen molar-refractivity contribution in [3.63, 3.8) is 0 Å². The van der Waals surface area contributed by atoms with E-state index < -0.39 is 5.91 Å². The number of hydrogen-bond acceptors (Lipinski definition) is 2. The number of pyridine rings is 1. The fourth-order valence-corrected chi connectivity index (χ4v) is 2.28. The molecule has 1 aromatic carbocycles. The number of benzene rings is 1. The summed E-state index contributed by atoms with van der Waals surface area (Å²) in [6.45, 7) is 3.59. The Hall–Kier alpha value is -2.36. The van der Waals surface area contributed by atoms with Crippen molar-refractivity contribution in [2.45, 2.75) is 13.8 Å². The highest BCUT2D eigenvalue weighted by atomic mass is 16.2. The van der Waals surface area contributed by atoms with Crippen LogP contribution >= 0.6 is 0 Å². The number of nitrogens with zero attached hydrogens (tertiary/aromatic N) is 1. The first-order valence-electron chi connectivity index (χ1n) is 6.00. The van der Waals surface area contributed by atoms with Crippen LogP contribution in [-0.4, -0.2) is 10.5 Å². The maximum absolute atomic E-state index is 12.5. The summed E-state index contributed by atoms with van der Waals surface area (Å²) >= 11 is 0. The maximum Gasteiger partial charge on any atom is 0.254 e. The van der Waals surface area contributed by atoms with Crippen LogP contribution in [0.3, 0.4) is 0 Å². The third-order valence-electron chi connectivity index (χ3n) is 3.49. The smallest absolute Gasteiger partial charge is 0.254 e. The quantitative estimate of drug-likeness (QED) is 0.889. The lowest BCUT2D eigenvalue weighted by Crippen LogP contribution is -2.28. The molecule has 0 fully saturated rings. The Morgan fingerprint density at radius 2 is 1.68 bits per heavy atom. The minimum absolute atomic E-state index is 0.0620. The highest BCUT2D eigenvalue weighted by molar-refractivity contribution is 5.95. The van der Waals surface area contributed by atoms with Crippen molar-refractivity contribution in [2.24, 2.45) is 12.8 Å². The molecule has 1 amide bonds. The minimum atomic E-state index is -0.685. The first-order valence-corrected chi connectivity index (χ1v) is 6.00. The Kier molecular flexibility index (Phi) is 3.25. The van der Waals surface area contributed by atoms with Gasteiger partial charge in [0, 0.05) is 24.0 Å². The Morgan fingerprint density at radius 3 is 2.21 bits per heavy atom. The molecular formula is C15H16N2O2. The molecule has 0 radical (unpaired) electrons. The number of aromatic nitrogens is 1. The van der Waals surface area contributed by atoms with Crippen LogP contribution in [0.15, 0.2) is 35.1 Å². The van der Waals surface area contributed by atoms with Gasteiger partial charge in [0.05, 0.1) is 0 Å². The number of nitrogens with two attached hydrogens (primary N) is 1. The molecule has 2 rings (SSSR count). The van der Waals surface area contributed by atoms with E-state index in [0.29, 0.717) is 11.3 Å². The van der Waals surface area contributed by atoms with Crippen molar-refractivity contribution in [3.05, 3.63) is 57.5 Å². The number of amides is 1. The Balaban J connectivity index is 2.90. The van der Waals surface area contributed by atoms with Gasteiger partial charge in [-0.25, -0.2) is 0 Å². The molecule has 1 aromatic heterocycles. The van der Waals surface area contributed by atoms with Crippen molar-refractivity contribution in [1.82, 2.24) is 4.57 Å². The summed E-state index contributed by atoms with van der Waals surface area (Å²) < 4.78 is 1.82. The fraction of sp³-hybridized carbons (Fsp3) is 0.200. The van der Waals surface area contributed by atoms with E-state index in [4.69, 9.17) is 5.73 Å². The topological polar surface area (TPSA) is 65.1 Å². The van der Waals surface area contributed by atoms with Crippen LogP contribution in [0, 0.1) is 13.8 Å². The molecular weight excluding hydrogens is 240 g/mol. The lowest BCUT2D eigenvalue weighted by atomic mass is 9.99. The molecule has 0 spiro atoms. The van der Waals surface area contributed by atoms with Crippen LogP contribution in [0.25, 0.3) is 11.1 Å². The lowest BCUT2D eigenvalue weighted by Gasteiger charge is -2.16. The van der Waals surface area contributed by atoms with Crippen molar-refractivity contribution in [2.75, 3.05) is 0 Å². The summed E-state index contributed by atoms with van der Waals surface area (Å²) in [7, 11) is 1.82. The molecule has 19 heavy (non-hydrogen) atoms. The number of primary amides is 1. The summed E-state index contributed by atoms with van der Waals surface area (Å²) in [4.78, 5) is 24.0. The zero-order valence-corrected chi connectivity index (χ0v) is 11.2. The molecule has 0 saturated heterocycles. The van der Waals surface area contributed by atoms with E-state index in [9.17, 15) is 9.59 Å². The van der Waals surface area contributed by atoms with E-state index in [-0.39, 0.29) is 11.0 Å². The first kappa shape index (κ1) is 13.1. The molecule has 4 heteroatoms. The van der Waals surface area contributed by atoms with Crippen LogP contribution in [0.1, 0.15) is 21.7 Å². The zero-order chi connectivity index (χ0) is 14.2. The summed E-state index contributed by atoms with van der Waals surface area (Å²) in [5.74, 6) is -0.685. The lowest BCUT2D eigenvalue weighted by molar-refractivity contribution is 0.0998. The van der Waals surface area contributed by atoms with Gasteiger partial charge in [-0.05, 0) is 19.4 Å². The van der Waals surface area contributed by atoms with Crippen molar-refractivity contribution in [3.8, 4) is 11.1 Å². The molecule has 0 aliphatic carbocycles. The molecule has 2 aromatic rings. The first-order chi connectivity index (χ1) is 8.95. The SMILES string of the molecule is Cc1c(C(N)=O)c(=O)c(-c2ccccc2)c(C)n1C. The summed E-state index contributed by atoms with van der Waals surface area (Å²) in [6, 6.07) is 9.30. The maximum atomic E-state index is 12.5. The van der Waals surface area contributed by atoms with Gasteiger partial charge in [-0.15, -0.1) is 0 Å². The number of rotatable bonds is 2. The van der Waals surface area contributed by atoms with Crippen LogP contribution in [0.4, 0.5) is 0 Å². The van der Waals surface area contributed by atoms with Gasteiger partial charge in [-0.3, -0.25) is 9.59 Å². The fourth-order valence-electron chi connectivity index (χ4n) is 2.28. The zero-order valence-electron chi connectivity index (χ0n) is 11.2. The third kappa shape index (κ3) is 2.05. The second-order valence-electron chi connectivity index (χ2n) is 4.54. The molecule has 0 atom stereocenters. The molecule has 0 bridgehead atoms. The van der Waals surface area contributed by atoms with Gasteiger partial charge in [0.1, 0.15) is 5.56 Å². The van der Waals surface area contributed by atoms with Crippen LogP contribution < -0.4 is 11.2 Å². The van der Waals surface area contributed by atoms with Gasteiger partial charge >= 0.3 is 0 Å². The predicted molar refractivity (Wildman–Crippen MR) is 75.1 cm³/mol. The summed E-state index contributed by atoms with van der Waals surface area (Å²) in [5.41, 5.74) is 7.83. The molecule has 4 nitrogen and oxygen atoms in total. The second kappa shape index (κ2) is 4.72. The Bertz CT molecular complexity index is 700. The Morgan fingerprint density at radius 1 is 1.11 bits per heavy atom. The second-order valence-corrected chi connectivity index (χ2v) is 4.54. The van der Waals surface area contributed by atoms with Crippen molar-refractivity contribution >= 4 is 5.91 Å². The van der Waals surface area contributed by atoms with E-state index in [1.165, 1.54) is 0 Å². The Labute approximate surface area is 111 Å². The largest absolute Gasteiger partial charge is 0.365 e. The van der Waals surface area contributed by atoms with E-state index in [0.717, 1.165) is 11.3 Å². The van der Waals surface area contributed by atoms with E-state index in [1.807, 2.05) is 48.9 Å². The summed E-state index contributed by atoms with van der Waals surface area (Å²) in [6.07, 6.45) is 0. The van der Waals surface area contributed by atoms with Gasteiger partial charge in [-0.2, -0.15) is 0 Å². The molecule has 2 N–H and O–H groups in total. The third-order valence-corrected chi connectivity index (χ3v) is 3.49. The molecule has 0 unspecified atom stereocenters. The molecule has 0 saturated carbocycles. The molecule has 0 aliphatic heterocycles. The van der Waals surface area contributed by atoms with Crippen LogP contribution in [0.5, 0.6) is 0 Å². The van der Waals surface area contributed by atoms with E-state index >= 15 is 0 Å². The average Bonchev–Trinajstić information content (AvgIpc) is 2.37. The van der Waals surface area contributed by atoms with Gasteiger partial charge in [0.2, 0.25) is 5.43 Å². The standard InChI is InChI=1S/C15H16N2O2/c1-9-12(11-7-5-4-6-8-11)14(18)13(15(16)19)10(2)17(9)3/h4-8H,1-3H3,(H2,16,19). The van der Waals surface area contributed by atoms with Crippen LogP contribution in [-0.2, 0) is 7.05 Å². The number of carbonyl (C=O) groups is 1. The van der Waals surface area contributed by atoms with Crippen molar-refractivity contribution < 1.29 is 4.79 Å². The summed E-state index contributed by atoms with van der Waals surface area (Å²) in [5, 5.41) is 0. The normalized spacial score (nSPS) is 10.5. The van der Waals surface area contributed by atoms with Gasteiger partial charge in [0.25, 0.3) is 5.91 Å². The average molecular weight is 256 g/mol. The van der Waals surface area contributed by atoms with Gasteiger partial charge in [-0.1, -0.05) is 30.3 Å². The molecule has 1 heterocycles. The van der Waals surface area contributed by atoms with Gasteiger partial charge < -0.3 is 10.3 Å². The van der Waals surface area contributed by atoms with Gasteiger partial charge in [0.15, 0.2) is 0 Å². The number of carbonyl (C=O) groups excluding carboxylic acids is 1. The monoisotopic (exact) mass is 256 g/mol. The molecule has 98 valence electrons. The highest BCUT2D eigenvalue weighted by Gasteiger charge is 2.19. The minimum Gasteiger partial charge on any atom is -0.365 e.